The van der Waals surface area contributed by atoms with Crippen LogP contribution in [0.3, 0.4) is 0 Å². The quantitative estimate of drug-likeness (QED) is 0.645. The monoisotopic (exact) mass is 399 g/mol. The van der Waals surface area contributed by atoms with Gasteiger partial charge >= 0.3 is 0 Å². The minimum atomic E-state index is -3.48. The number of hydrogen-bond donors (Lipinski definition) is 3. The maximum atomic E-state index is 11.9. The average Bonchev–Trinajstić information content (AvgIpc) is 2.55. The van der Waals surface area contributed by atoms with Gasteiger partial charge in [0.2, 0.25) is 10.0 Å². The van der Waals surface area contributed by atoms with Crippen LogP contribution in [0.4, 0.5) is 11.4 Å². The van der Waals surface area contributed by atoms with E-state index in [2.05, 4.69) is 15.4 Å². The summed E-state index contributed by atoms with van der Waals surface area (Å²) in [5, 5.41) is 6.84. The Hall–Kier alpha value is -1.87. The number of rotatable bonds is 6. The molecule has 3 N–H and O–H groups in total. The van der Waals surface area contributed by atoms with Crippen LogP contribution >= 0.6 is 23.8 Å². The minimum absolute atomic E-state index is 0.190. The van der Waals surface area contributed by atoms with E-state index in [0.717, 1.165) is 0 Å². The molecule has 0 heterocycles. The van der Waals surface area contributed by atoms with E-state index in [1.165, 1.54) is 12.1 Å². The fraction of sp³-hybridized carbons (Fsp3) is 0.188. The van der Waals surface area contributed by atoms with Crippen LogP contribution < -0.4 is 20.1 Å². The molecule has 6 nitrogen and oxygen atoms in total. The Labute approximate surface area is 157 Å². The normalized spacial score (nSPS) is 11.0. The molecule has 0 atom stereocenters. The third-order valence-electron chi connectivity index (χ3n) is 3.17. The highest BCUT2D eigenvalue weighted by molar-refractivity contribution is 7.89. The first kappa shape index (κ1) is 19.5. The van der Waals surface area contributed by atoms with E-state index >= 15 is 0 Å². The Morgan fingerprint density at radius 3 is 2.44 bits per heavy atom. The number of nitrogens with one attached hydrogen (secondary N) is 3. The van der Waals surface area contributed by atoms with Gasteiger partial charge in [-0.05, 0) is 54.7 Å². The number of hydrogen-bond acceptors (Lipinski definition) is 4. The van der Waals surface area contributed by atoms with Crippen molar-refractivity contribution < 1.29 is 13.2 Å². The standard InChI is InChI=1S/C16H18ClN3O3S2/c1-3-18-25(21,22)13-7-5-12(6-8-13)19-16(24)20-14-10-11(17)4-9-15(14)23-2/h4-10,18H,3H2,1-2H3,(H2,19,20,24). The predicted molar refractivity (Wildman–Crippen MR) is 105 cm³/mol. The van der Waals surface area contributed by atoms with Gasteiger partial charge in [0.25, 0.3) is 0 Å². The van der Waals surface area contributed by atoms with Crippen LogP contribution in [0.15, 0.2) is 47.4 Å². The fourth-order valence-electron chi connectivity index (χ4n) is 2.05. The zero-order valence-electron chi connectivity index (χ0n) is 13.7. The lowest BCUT2D eigenvalue weighted by molar-refractivity contribution is 0.417. The van der Waals surface area contributed by atoms with Crippen molar-refractivity contribution in [2.24, 2.45) is 0 Å². The van der Waals surface area contributed by atoms with Crippen molar-refractivity contribution in [3.63, 3.8) is 0 Å². The van der Waals surface area contributed by atoms with Gasteiger partial charge in [0.15, 0.2) is 5.11 Å². The van der Waals surface area contributed by atoms with Crippen molar-refractivity contribution in [3.05, 3.63) is 47.5 Å². The van der Waals surface area contributed by atoms with Crippen molar-refractivity contribution in [3.8, 4) is 5.75 Å². The highest BCUT2D eigenvalue weighted by atomic mass is 35.5. The molecule has 9 heteroatoms. The molecule has 2 aromatic rings. The molecule has 0 radical (unpaired) electrons. The van der Waals surface area contributed by atoms with E-state index in [-0.39, 0.29) is 4.90 Å². The smallest absolute Gasteiger partial charge is 0.240 e. The largest absolute Gasteiger partial charge is 0.495 e. The molecule has 0 aliphatic rings. The molecule has 2 aromatic carbocycles. The molecule has 0 saturated carbocycles. The molecule has 0 aliphatic heterocycles. The summed E-state index contributed by atoms with van der Waals surface area (Å²) in [5.74, 6) is 0.598. The Morgan fingerprint density at radius 2 is 1.84 bits per heavy atom. The van der Waals surface area contributed by atoms with Crippen LogP contribution in [0.2, 0.25) is 5.02 Å². The third-order valence-corrected chi connectivity index (χ3v) is 5.17. The van der Waals surface area contributed by atoms with Crippen LogP contribution in [-0.2, 0) is 10.0 Å². The number of anilines is 2. The Kier molecular flexibility index (Phi) is 6.60. The van der Waals surface area contributed by atoms with Crippen LogP contribution in [0.5, 0.6) is 5.75 Å². The minimum Gasteiger partial charge on any atom is -0.495 e. The molecule has 0 unspecified atom stereocenters. The number of methoxy groups -OCH3 is 1. The molecule has 0 aromatic heterocycles. The van der Waals surface area contributed by atoms with Gasteiger partial charge in [-0.1, -0.05) is 18.5 Å². The predicted octanol–water partition coefficient (Wildman–Crippen LogP) is 3.46. The van der Waals surface area contributed by atoms with Gasteiger partial charge in [-0.25, -0.2) is 13.1 Å². The van der Waals surface area contributed by atoms with Crippen molar-refractivity contribution >= 4 is 50.3 Å². The van der Waals surface area contributed by atoms with Crippen molar-refractivity contribution in [2.75, 3.05) is 24.3 Å². The van der Waals surface area contributed by atoms with E-state index in [0.29, 0.717) is 33.8 Å². The second-order valence-corrected chi connectivity index (χ2v) is 7.56. The Balaban J connectivity index is 2.08. The lowest BCUT2D eigenvalue weighted by Gasteiger charge is -2.14. The van der Waals surface area contributed by atoms with Gasteiger partial charge in [0, 0.05) is 17.3 Å². The molecule has 0 saturated heterocycles. The van der Waals surface area contributed by atoms with E-state index in [1.807, 2.05) is 0 Å². The lowest BCUT2D eigenvalue weighted by atomic mass is 10.3. The molecule has 25 heavy (non-hydrogen) atoms. The van der Waals surface area contributed by atoms with E-state index in [9.17, 15) is 8.42 Å². The number of thiocarbonyl (C=S) groups is 1. The summed E-state index contributed by atoms with van der Waals surface area (Å²) in [7, 11) is -1.93. The molecule has 0 fully saturated rings. The maximum absolute atomic E-state index is 11.9. The first-order valence-electron chi connectivity index (χ1n) is 7.37. The van der Waals surface area contributed by atoms with E-state index in [4.69, 9.17) is 28.6 Å². The molecular formula is C16H18ClN3O3S2. The van der Waals surface area contributed by atoms with Gasteiger partial charge in [0.1, 0.15) is 5.75 Å². The second kappa shape index (κ2) is 8.48. The van der Waals surface area contributed by atoms with E-state index in [1.54, 1.807) is 44.4 Å². The molecule has 2 rings (SSSR count). The number of ether oxygens (including phenoxy) is 1. The maximum Gasteiger partial charge on any atom is 0.240 e. The first-order valence-corrected chi connectivity index (χ1v) is 9.64. The van der Waals surface area contributed by atoms with Crippen molar-refractivity contribution in [2.45, 2.75) is 11.8 Å². The zero-order valence-corrected chi connectivity index (χ0v) is 16.1. The highest BCUT2D eigenvalue weighted by Gasteiger charge is 2.12. The summed E-state index contributed by atoms with van der Waals surface area (Å²) >= 11 is 11.2. The van der Waals surface area contributed by atoms with Gasteiger partial charge in [-0.15, -0.1) is 0 Å². The second-order valence-electron chi connectivity index (χ2n) is 4.95. The Bertz CT molecular complexity index is 855. The SMILES string of the molecule is CCNS(=O)(=O)c1ccc(NC(=S)Nc2cc(Cl)ccc2OC)cc1. The van der Waals surface area contributed by atoms with E-state index < -0.39 is 10.0 Å². The summed E-state index contributed by atoms with van der Waals surface area (Å²) < 4.78 is 31.5. The van der Waals surface area contributed by atoms with Gasteiger partial charge in [-0.2, -0.15) is 0 Å². The molecule has 0 amide bonds. The number of halogens is 1. The molecule has 0 aliphatic carbocycles. The highest BCUT2D eigenvalue weighted by Crippen LogP contribution is 2.27. The zero-order chi connectivity index (χ0) is 18.4. The molecule has 0 bridgehead atoms. The third kappa shape index (κ3) is 5.30. The average molecular weight is 400 g/mol. The number of sulfonamides is 1. The molecular weight excluding hydrogens is 382 g/mol. The topological polar surface area (TPSA) is 79.5 Å². The summed E-state index contributed by atoms with van der Waals surface area (Å²) in [6.07, 6.45) is 0. The molecule has 0 spiro atoms. The number of benzene rings is 2. The van der Waals surface area contributed by atoms with Crippen molar-refractivity contribution in [1.82, 2.24) is 4.72 Å². The first-order chi connectivity index (χ1) is 11.9. The van der Waals surface area contributed by atoms with Crippen LogP contribution in [0, 0.1) is 0 Å². The van der Waals surface area contributed by atoms with Crippen molar-refractivity contribution in [1.29, 1.82) is 0 Å². The van der Waals surface area contributed by atoms with Crippen LogP contribution in [-0.4, -0.2) is 27.2 Å². The Morgan fingerprint density at radius 1 is 1.16 bits per heavy atom. The van der Waals surface area contributed by atoms with Gasteiger partial charge < -0.3 is 15.4 Å². The molecule has 134 valence electrons. The van der Waals surface area contributed by atoms with Gasteiger partial charge in [0.05, 0.1) is 17.7 Å². The summed E-state index contributed by atoms with van der Waals surface area (Å²) in [5.41, 5.74) is 1.27. The summed E-state index contributed by atoms with van der Waals surface area (Å²) in [4.78, 5) is 0.190. The van der Waals surface area contributed by atoms with Gasteiger partial charge in [-0.3, -0.25) is 0 Å². The summed E-state index contributed by atoms with van der Waals surface area (Å²) in [6.45, 7) is 2.06. The van der Waals surface area contributed by atoms with Crippen LogP contribution in [0.25, 0.3) is 0 Å². The lowest BCUT2D eigenvalue weighted by Crippen LogP contribution is -2.23. The summed E-state index contributed by atoms with van der Waals surface area (Å²) in [6, 6.07) is 11.4. The fourth-order valence-corrected chi connectivity index (χ4v) is 3.49. The van der Waals surface area contributed by atoms with Crippen LogP contribution in [0.1, 0.15) is 6.92 Å².